The standard InChI is InChI=1S/C12H12BrN3OS/c1-7-2-4-8(5-3-7)10(14)11(17)16-12-15-6-9(13)18-12/h2-6,10H,14H2,1H3,(H,15,16,17). The molecule has 0 bridgehead atoms. The van der Waals surface area contributed by atoms with Gasteiger partial charge in [-0.05, 0) is 28.4 Å². The fourth-order valence-electron chi connectivity index (χ4n) is 1.42. The highest BCUT2D eigenvalue weighted by Gasteiger charge is 2.16. The first kappa shape index (κ1) is 13.2. The van der Waals surface area contributed by atoms with E-state index in [1.807, 2.05) is 31.2 Å². The lowest BCUT2D eigenvalue weighted by Gasteiger charge is -2.11. The molecule has 94 valence electrons. The van der Waals surface area contributed by atoms with Crippen molar-refractivity contribution in [2.45, 2.75) is 13.0 Å². The molecule has 18 heavy (non-hydrogen) atoms. The molecule has 1 amide bonds. The van der Waals surface area contributed by atoms with Crippen molar-refractivity contribution in [3.63, 3.8) is 0 Å². The molecule has 1 unspecified atom stereocenters. The van der Waals surface area contributed by atoms with Crippen LogP contribution in [0.5, 0.6) is 0 Å². The number of hydrogen-bond donors (Lipinski definition) is 2. The second kappa shape index (κ2) is 5.60. The van der Waals surface area contributed by atoms with Gasteiger partial charge in [0.25, 0.3) is 0 Å². The number of aryl methyl sites for hydroxylation is 1. The Morgan fingerprint density at radius 1 is 1.44 bits per heavy atom. The summed E-state index contributed by atoms with van der Waals surface area (Å²) in [6, 6.07) is 6.90. The topological polar surface area (TPSA) is 68.0 Å². The third-order valence-electron chi connectivity index (χ3n) is 2.43. The van der Waals surface area contributed by atoms with Gasteiger partial charge in [0.2, 0.25) is 5.91 Å². The van der Waals surface area contributed by atoms with Gasteiger partial charge in [-0.2, -0.15) is 0 Å². The number of nitrogens with two attached hydrogens (primary N) is 1. The average Bonchev–Trinajstić information content (AvgIpc) is 2.75. The lowest BCUT2D eigenvalue weighted by Crippen LogP contribution is -2.27. The molecule has 3 N–H and O–H groups in total. The SMILES string of the molecule is Cc1ccc(C(N)C(=O)Nc2ncc(Br)s2)cc1. The van der Waals surface area contributed by atoms with E-state index >= 15 is 0 Å². The highest BCUT2D eigenvalue weighted by atomic mass is 79.9. The maximum atomic E-state index is 11.9. The van der Waals surface area contributed by atoms with E-state index in [0.717, 1.165) is 14.9 Å². The Morgan fingerprint density at radius 3 is 2.67 bits per heavy atom. The zero-order chi connectivity index (χ0) is 13.1. The van der Waals surface area contributed by atoms with Crippen LogP contribution in [0.25, 0.3) is 0 Å². The molecule has 1 aromatic heterocycles. The Labute approximate surface area is 117 Å². The minimum Gasteiger partial charge on any atom is -0.316 e. The molecule has 0 radical (unpaired) electrons. The van der Waals surface area contributed by atoms with E-state index < -0.39 is 6.04 Å². The van der Waals surface area contributed by atoms with Gasteiger partial charge in [0, 0.05) is 0 Å². The summed E-state index contributed by atoms with van der Waals surface area (Å²) in [6.07, 6.45) is 1.64. The number of thiazole rings is 1. The maximum absolute atomic E-state index is 11.9. The molecule has 0 spiro atoms. The number of hydrogen-bond acceptors (Lipinski definition) is 4. The van der Waals surface area contributed by atoms with Crippen molar-refractivity contribution in [1.82, 2.24) is 4.98 Å². The van der Waals surface area contributed by atoms with Gasteiger partial charge >= 0.3 is 0 Å². The Balaban J connectivity index is 2.07. The number of benzene rings is 1. The molecule has 0 aliphatic rings. The molecule has 1 atom stereocenters. The summed E-state index contributed by atoms with van der Waals surface area (Å²) < 4.78 is 0.863. The summed E-state index contributed by atoms with van der Waals surface area (Å²) in [5, 5.41) is 3.23. The fourth-order valence-corrected chi connectivity index (χ4v) is 2.53. The van der Waals surface area contributed by atoms with Gasteiger partial charge in [0.15, 0.2) is 5.13 Å². The van der Waals surface area contributed by atoms with Gasteiger partial charge in [-0.15, -0.1) is 0 Å². The minimum atomic E-state index is -0.687. The summed E-state index contributed by atoms with van der Waals surface area (Å²) >= 11 is 4.63. The lowest BCUT2D eigenvalue weighted by molar-refractivity contribution is -0.117. The fraction of sp³-hybridized carbons (Fsp3) is 0.167. The van der Waals surface area contributed by atoms with Gasteiger partial charge in [0.05, 0.1) is 9.98 Å². The monoisotopic (exact) mass is 325 g/mol. The number of aromatic nitrogens is 1. The van der Waals surface area contributed by atoms with Crippen LogP contribution in [0.2, 0.25) is 0 Å². The van der Waals surface area contributed by atoms with Gasteiger partial charge in [-0.1, -0.05) is 41.2 Å². The summed E-state index contributed by atoms with van der Waals surface area (Å²) in [5.41, 5.74) is 7.82. The van der Waals surface area contributed by atoms with Gasteiger partial charge in [0.1, 0.15) is 6.04 Å². The van der Waals surface area contributed by atoms with Gasteiger partial charge in [-0.25, -0.2) is 4.98 Å². The van der Waals surface area contributed by atoms with Crippen LogP contribution >= 0.6 is 27.3 Å². The second-order valence-corrected chi connectivity index (χ2v) is 6.26. The largest absolute Gasteiger partial charge is 0.316 e. The van der Waals surface area contributed by atoms with Crippen LogP contribution < -0.4 is 11.1 Å². The maximum Gasteiger partial charge on any atom is 0.247 e. The highest BCUT2D eigenvalue weighted by molar-refractivity contribution is 9.11. The summed E-state index contributed by atoms with van der Waals surface area (Å²) in [7, 11) is 0. The summed E-state index contributed by atoms with van der Waals surface area (Å²) in [6.45, 7) is 1.99. The Hall–Kier alpha value is -1.24. The van der Waals surface area contributed by atoms with E-state index in [0.29, 0.717) is 5.13 Å². The molecule has 1 aromatic carbocycles. The normalized spacial score (nSPS) is 12.2. The van der Waals surface area contributed by atoms with Crippen LogP contribution in [-0.4, -0.2) is 10.9 Å². The van der Waals surface area contributed by atoms with Gasteiger partial charge in [-0.3, -0.25) is 4.79 Å². The first-order valence-electron chi connectivity index (χ1n) is 5.30. The molecule has 2 aromatic rings. The van der Waals surface area contributed by atoms with E-state index in [1.165, 1.54) is 11.3 Å². The highest BCUT2D eigenvalue weighted by Crippen LogP contribution is 2.24. The van der Waals surface area contributed by atoms with Crippen molar-refractivity contribution in [2.75, 3.05) is 5.32 Å². The van der Waals surface area contributed by atoms with E-state index in [1.54, 1.807) is 6.20 Å². The zero-order valence-corrected chi connectivity index (χ0v) is 12.1. The first-order valence-corrected chi connectivity index (χ1v) is 6.91. The van der Waals surface area contributed by atoms with Crippen LogP contribution in [-0.2, 0) is 4.79 Å². The minimum absolute atomic E-state index is 0.263. The Morgan fingerprint density at radius 2 is 2.11 bits per heavy atom. The molecule has 4 nitrogen and oxygen atoms in total. The molecular weight excluding hydrogens is 314 g/mol. The molecule has 0 aliphatic carbocycles. The predicted molar refractivity (Wildman–Crippen MR) is 76.6 cm³/mol. The van der Waals surface area contributed by atoms with Crippen molar-refractivity contribution in [3.8, 4) is 0 Å². The van der Waals surface area contributed by atoms with Crippen molar-refractivity contribution < 1.29 is 4.79 Å². The van der Waals surface area contributed by atoms with Crippen LogP contribution in [0.15, 0.2) is 34.2 Å². The van der Waals surface area contributed by atoms with Crippen molar-refractivity contribution in [3.05, 3.63) is 45.4 Å². The van der Waals surface area contributed by atoms with Crippen molar-refractivity contribution in [1.29, 1.82) is 0 Å². The number of rotatable bonds is 3. The van der Waals surface area contributed by atoms with Gasteiger partial charge < -0.3 is 11.1 Å². The van der Waals surface area contributed by atoms with Crippen LogP contribution in [0.3, 0.4) is 0 Å². The molecule has 0 saturated heterocycles. The lowest BCUT2D eigenvalue weighted by atomic mass is 10.1. The average molecular weight is 326 g/mol. The number of carbonyl (C=O) groups excluding carboxylic acids is 1. The number of anilines is 1. The number of amides is 1. The van der Waals surface area contributed by atoms with Crippen molar-refractivity contribution in [2.24, 2.45) is 5.73 Å². The Kier molecular flexibility index (Phi) is 4.11. The molecular formula is C12H12BrN3OS. The van der Waals surface area contributed by atoms with Crippen LogP contribution in [0, 0.1) is 6.92 Å². The van der Waals surface area contributed by atoms with E-state index in [2.05, 4.69) is 26.2 Å². The van der Waals surface area contributed by atoms with Crippen LogP contribution in [0.4, 0.5) is 5.13 Å². The Bertz CT molecular complexity index is 553. The molecule has 1 heterocycles. The molecule has 0 fully saturated rings. The quantitative estimate of drug-likeness (QED) is 0.911. The molecule has 0 saturated carbocycles. The smallest absolute Gasteiger partial charge is 0.247 e. The number of carbonyl (C=O) groups is 1. The zero-order valence-electron chi connectivity index (χ0n) is 9.68. The molecule has 6 heteroatoms. The van der Waals surface area contributed by atoms with E-state index in [9.17, 15) is 4.79 Å². The second-order valence-electron chi connectivity index (χ2n) is 3.85. The summed E-state index contributed by atoms with van der Waals surface area (Å²) in [4.78, 5) is 16.0. The summed E-state index contributed by atoms with van der Waals surface area (Å²) in [5.74, 6) is -0.263. The van der Waals surface area contributed by atoms with E-state index in [4.69, 9.17) is 5.73 Å². The number of halogens is 1. The third kappa shape index (κ3) is 3.16. The van der Waals surface area contributed by atoms with Crippen molar-refractivity contribution >= 4 is 38.3 Å². The van der Waals surface area contributed by atoms with E-state index in [-0.39, 0.29) is 5.91 Å². The predicted octanol–water partition coefficient (Wildman–Crippen LogP) is 2.85. The first-order chi connectivity index (χ1) is 8.56. The third-order valence-corrected chi connectivity index (χ3v) is 3.82. The molecule has 0 aliphatic heterocycles. The number of nitrogens with one attached hydrogen (secondary N) is 1. The van der Waals surface area contributed by atoms with Crippen LogP contribution in [0.1, 0.15) is 17.2 Å². The molecule has 2 rings (SSSR count). The number of nitrogens with zero attached hydrogens (tertiary/aromatic N) is 1.